The third kappa shape index (κ3) is 4.29. The van der Waals surface area contributed by atoms with Gasteiger partial charge in [0.05, 0.1) is 5.41 Å². The fourth-order valence-corrected chi connectivity index (χ4v) is 2.46. The van der Waals surface area contributed by atoms with Crippen molar-refractivity contribution in [2.75, 3.05) is 19.6 Å². The van der Waals surface area contributed by atoms with E-state index in [2.05, 4.69) is 17.6 Å². The Morgan fingerprint density at radius 1 is 1.28 bits per heavy atom. The number of carbonyl (C=O) groups is 2. The fourth-order valence-electron chi connectivity index (χ4n) is 2.46. The molecule has 0 radical (unpaired) electrons. The maximum atomic E-state index is 12.2. The van der Waals surface area contributed by atoms with Crippen LogP contribution in [-0.2, 0) is 9.59 Å². The molecule has 1 rings (SSSR count). The van der Waals surface area contributed by atoms with E-state index in [0.717, 1.165) is 45.2 Å². The van der Waals surface area contributed by atoms with Gasteiger partial charge in [-0.15, -0.1) is 0 Å². The SMILES string of the molecule is CCC1(C(=O)NCCCCC(N)=O)CCNCC1. The molecule has 0 aromatic rings. The first-order valence-electron chi connectivity index (χ1n) is 6.88. The van der Waals surface area contributed by atoms with E-state index >= 15 is 0 Å². The molecule has 0 aromatic heterocycles. The molecule has 1 saturated heterocycles. The highest BCUT2D eigenvalue weighted by Gasteiger charge is 2.37. The predicted molar refractivity (Wildman–Crippen MR) is 70.9 cm³/mol. The van der Waals surface area contributed by atoms with Crippen LogP contribution >= 0.6 is 0 Å². The molecule has 5 heteroatoms. The van der Waals surface area contributed by atoms with Gasteiger partial charge in [-0.25, -0.2) is 0 Å². The van der Waals surface area contributed by atoms with Crippen molar-refractivity contribution in [2.24, 2.45) is 11.1 Å². The van der Waals surface area contributed by atoms with Crippen LogP contribution in [0, 0.1) is 5.41 Å². The van der Waals surface area contributed by atoms with Gasteiger partial charge in [-0.1, -0.05) is 6.92 Å². The molecule has 4 N–H and O–H groups in total. The van der Waals surface area contributed by atoms with Crippen LogP contribution in [0.3, 0.4) is 0 Å². The fraction of sp³-hybridized carbons (Fsp3) is 0.846. The Labute approximate surface area is 109 Å². The van der Waals surface area contributed by atoms with Crippen LogP contribution in [0.1, 0.15) is 45.4 Å². The van der Waals surface area contributed by atoms with Gasteiger partial charge in [0.25, 0.3) is 0 Å². The summed E-state index contributed by atoms with van der Waals surface area (Å²) in [6.45, 7) is 4.56. The minimum Gasteiger partial charge on any atom is -0.370 e. The van der Waals surface area contributed by atoms with Gasteiger partial charge >= 0.3 is 0 Å². The Kier molecular flexibility index (Phi) is 6.12. The van der Waals surface area contributed by atoms with Gasteiger partial charge in [0.2, 0.25) is 11.8 Å². The van der Waals surface area contributed by atoms with E-state index in [-0.39, 0.29) is 17.2 Å². The van der Waals surface area contributed by atoms with Crippen molar-refractivity contribution in [3.05, 3.63) is 0 Å². The largest absolute Gasteiger partial charge is 0.370 e. The van der Waals surface area contributed by atoms with Crippen LogP contribution in [0.5, 0.6) is 0 Å². The number of nitrogens with one attached hydrogen (secondary N) is 2. The Morgan fingerprint density at radius 3 is 2.50 bits per heavy atom. The zero-order valence-corrected chi connectivity index (χ0v) is 11.3. The van der Waals surface area contributed by atoms with Crippen molar-refractivity contribution in [1.82, 2.24) is 10.6 Å². The maximum Gasteiger partial charge on any atom is 0.226 e. The van der Waals surface area contributed by atoms with Crippen molar-refractivity contribution >= 4 is 11.8 Å². The molecule has 1 heterocycles. The van der Waals surface area contributed by atoms with Crippen LogP contribution in [0.2, 0.25) is 0 Å². The lowest BCUT2D eigenvalue weighted by molar-refractivity contribution is -0.132. The van der Waals surface area contributed by atoms with Crippen LogP contribution in [0.25, 0.3) is 0 Å². The number of carbonyl (C=O) groups excluding carboxylic acids is 2. The summed E-state index contributed by atoms with van der Waals surface area (Å²) >= 11 is 0. The Hall–Kier alpha value is -1.10. The molecule has 0 unspecified atom stereocenters. The van der Waals surface area contributed by atoms with Crippen LogP contribution in [-0.4, -0.2) is 31.4 Å². The zero-order valence-electron chi connectivity index (χ0n) is 11.3. The van der Waals surface area contributed by atoms with Gasteiger partial charge in [0.15, 0.2) is 0 Å². The van der Waals surface area contributed by atoms with Crippen LogP contribution in [0.4, 0.5) is 0 Å². The maximum absolute atomic E-state index is 12.2. The number of hydrogen-bond donors (Lipinski definition) is 3. The molecule has 104 valence electrons. The Balaban J connectivity index is 2.27. The molecule has 2 amide bonds. The third-order valence-electron chi connectivity index (χ3n) is 3.85. The van der Waals surface area contributed by atoms with Crippen molar-refractivity contribution in [1.29, 1.82) is 0 Å². The molecule has 0 aromatic carbocycles. The smallest absolute Gasteiger partial charge is 0.226 e. The lowest BCUT2D eigenvalue weighted by atomic mass is 9.76. The number of nitrogens with two attached hydrogens (primary N) is 1. The predicted octanol–water partition coefficient (Wildman–Crippen LogP) is 0.538. The van der Waals surface area contributed by atoms with Crippen molar-refractivity contribution in [3.63, 3.8) is 0 Å². The minimum atomic E-state index is -0.273. The van der Waals surface area contributed by atoms with Crippen LogP contribution < -0.4 is 16.4 Å². The van der Waals surface area contributed by atoms with E-state index in [0.29, 0.717) is 13.0 Å². The highest BCUT2D eigenvalue weighted by molar-refractivity contribution is 5.82. The average molecular weight is 255 g/mol. The van der Waals surface area contributed by atoms with Gasteiger partial charge in [-0.05, 0) is 45.2 Å². The highest BCUT2D eigenvalue weighted by atomic mass is 16.2. The zero-order chi connectivity index (χ0) is 13.4. The summed E-state index contributed by atoms with van der Waals surface area (Å²) in [5, 5.41) is 6.29. The molecule has 5 nitrogen and oxygen atoms in total. The first-order valence-corrected chi connectivity index (χ1v) is 6.88. The quantitative estimate of drug-likeness (QED) is 0.580. The minimum absolute atomic E-state index is 0.172. The van der Waals surface area contributed by atoms with Gasteiger partial charge in [-0.2, -0.15) is 0 Å². The Bertz CT molecular complexity index is 286. The standard InChI is InChI=1S/C13H25N3O2/c1-2-13(6-9-15-10-7-13)12(18)16-8-4-3-5-11(14)17/h15H,2-10H2,1H3,(H2,14,17)(H,16,18). The molecular weight excluding hydrogens is 230 g/mol. The van der Waals surface area contributed by atoms with Crippen molar-refractivity contribution in [2.45, 2.75) is 45.4 Å². The number of primary amides is 1. The van der Waals surface area contributed by atoms with E-state index in [4.69, 9.17) is 5.73 Å². The van der Waals surface area contributed by atoms with Crippen molar-refractivity contribution < 1.29 is 9.59 Å². The van der Waals surface area contributed by atoms with Crippen molar-refractivity contribution in [3.8, 4) is 0 Å². The van der Waals surface area contributed by atoms with Gasteiger partial charge < -0.3 is 16.4 Å². The normalized spacial score (nSPS) is 18.3. The van der Waals surface area contributed by atoms with Gasteiger partial charge in [0.1, 0.15) is 0 Å². The van der Waals surface area contributed by atoms with E-state index < -0.39 is 0 Å². The highest BCUT2D eigenvalue weighted by Crippen LogP contribution is 2.32. The molecule has 18 heavy (non-hydrogen) atoms. The third-order valence-corrected chi connectivity index (χ3v) is 3.85. The van der Waals surface area contributed by atoms with Gasteiger partial charge in [0, 0.05) is 13.0 Å². The first-order chi connectivity index (χ1) is 8.60. The topological polar surface area (TPSA) is 84.2 Å². The molecule has 0 spiro atoms. The average Bonchev–Trinajstić information content (AvgIpc) is 2.38. The van der Waals surface area contributed by atoms with Gasteiger partial charge in [-0.3, -0.25) is 9.59 Å². The molecular formula is C13H25N3O2. The summed E-state index contributed by atoms with van der Waals surface area (Å²) in [5.74, 6) is -0.102. The summed E-state index contributed by atoms with van der Waals surface area (Å²) in [6.07, 6.45) is 4.68. The summed E-state index contributed by atoms with van der Waals surface area (Å²) in [5.41, 5.74) is 4.88. The molecule has 1 aliphatic rings. The second kappa shape index (κ2) is 7.36. The molecule has 0 aliphatic carbocycles. The summed E-state index contributed by atoms with van der Waals surface area (Å²) < 4.78 is 0. The molecule has 1 aliphatic heterocycles. The number of hydrogen-bond acceptors (Lipinski definition) is 3. The number of unbranched alkanes of at least 4 members (excludes halogenated alkanes) is 1. The second-order valence-corrected chi connectivity index (χ2v) is 5.06. The second-order valence-electron chi connectivity index (χ2n) is 5.06. The summed E-state index contributed by atoms with van der Waals surface area (Å²) in [7, 11) is 0. The monoisotopic (exact) mass is 255 g/mol. The first kappa shape index (κ1) is 15.0. The van der Waals surface area contributed by atoms with E-state index in [1.165, 1.54) is 0 Å². The number of piperidine rings is 1. The molecule has 0 atom stereocenters. The number of amides is 2. The number of rotatable bonds is 7. The van der Waals surface area contributed by atoms with E-state index in [1.54, 1.807) is 0 Å². The molecule has 1 fully saturated rings. The summed E-state index contributed by atoms with van der Waals surface area (Å²) in [4.78, 5) is 22.8. The summed E-state index contributed by atoms with van der Waals surface area (Å²) in [6, 6.07) is 0. The molecule has 0 bridgehead atoms. The lowest BCUT2D eigenvalue weighted by Crippen LogP contribution is -2.47. The van der Waals surface area contributed by atoms with Crippen LogP contribution in [0.15, 0.2) is 0 Å². The van der Waals surface area contributed by atoms with E-state index in [9.17, 15) is 9.59 Å². The lowest BCUT2D eigenvalue weighted by Gasteiger charge is -2.35. The molecule has 0 saturated carbocycles. The Morgan fingerprint density at radius 2 is 1.94 bits per heavy atom. The van der Waals surface area contributed by atoms with E-state index in [1.807, 2.05) is 0 Å².